The lowest BCUT2D eigenvalue weighted by Crippen LogP contribution is -2.14. The summed E-state index contributed by atoms with van der Waals surface area (Å²) in [4.78, 5) is 26.9. The van der Waals surface area contributed by atoms with E-state index in [1.165, 1.54) is 12.1 Å². The molecule has 0 radical (unpaired) electrons. The van der Waals surface area contributed by atoms with Crippen LogP contribution in [0.15, 0.2) is 36.7 Å². The quantitative estimate of drug-likeness (QED) is 0.390. The molecule has 0 atom stereocenters. The number of pyridine rings is 1. The number of carbonyl (C=O) groups excluding carboxylic acids is 2. The van der Waals surface area contributed by atoms with Gasteiger partial charge in [-0.3, -0.25) is 14.3 Å². The van der Waals surface area contributed by atoms with Crippen molar-refractivity contribution >= 4 is 23.8 Å². The predicted molar refractivity (Wildman–Crippen MR) is 105 cm³/mol. The second-order valence-corrected chi connectivity index (χ2v) is 6.71. The summed E-state index contributed by atoms with van der Waals surface area (Å²) in [6, 6.07) is 5.12. The van der Waals surface area contributed by atoms with Crippen LogP contribution in [0.5, 0.6) is 0 Å². The SMILES string of the molecule is O=CNCCCn1cc(Nc2nc(-c3c(F)cccc3F)cc3c2C(=O)NC3)cn1. The number of aryl methyl sites for hydroxylation is 1. The van der Waals surface area contributed by atoms with Gasteiger partial charge < -0.3 is 16.0 Å². The fraction of sp³-hybridized carbons (Fsp3) is 0.200. The Kier molecular flexibility index (Phi) is 5.38. The molecule has 2 amide bonds. The van der Waals surface area contributed by atoms with Crippen molar-refractivity contribution < 1.29 is 18.4 Å². The van der Waals surface area contributed by atoms with Crippen LogP contribution in [0.4, 0.5) is 20.3 Å². The van der Waals surface area contributed by atoms with Gasteiger partial charge in [-0.15, -0.1) is 0 Å². The van der Waals surface area contributed by atoms with Gasteiger partial charge in [-0.1, -0.05) is 6.07 Å². The first-order valence-electron chi connectivity index (χ1n) is 9.30. The van der Waals surface area contributed by atoms with Crippen LogP contribution < -0.4 is 16.0 Å². The molecule has 0 saturated carbocycles. The number of nitrogens with one attached hydrogen (secondary N) is 3. The zero-order valence-corrected chi connectivity index (χ0v) is 15.8. The highest BCUT2D eigenvalue weighted by Crippen LogP contribution is 2.32. The fourth-order valence-electron chi connectivity index (χ4n) is 3.30. The minimum Gasteiger partial charge on any atom is -0.359 e. The van der Waals surface area contributed by atoms with Gasteiger partial charge in [0.1, 0.15) is 17.5 Å². The summed E-state index contributed by atoms with van der Waals surface area (Å²) >= 11 is 0. The van der Waals surface area contributed by atoms with Gasteiger partial charge in [0, 0.05) is 25.8 Å². The maximum Gasteiger partial charge on any atom is 0.255 e. The summed E-state index contributed by atoms with van der Waals surface area (Å²) in [5.74, 6) is -1.58. The molecule has 3 aromatic rings. The molecule has 154 valence electrons. The molecule has 4 rings (SSSR count). The number of nitrogens with zero attached hydrogens (tertiary/aromatic N) is 3. The van der Waals surface area contributed by atoms with Gasteiger partial charge in [-0.05, 0) is 30.2 Å². The molecule has 10 heteroatoms. The predicted octanol–water partition coefficient (Wildman–Crippen LogP) is 2.35. The van der Waals surface area contributed by atoms with Crippen LogP contribution in [0.1, 0.15) is 22.3 Å². The number of halogens is 2. The van der Waals surface area contributed by atoms with Crippen molar-refractivity contribution in [2.75, 3.05) is 11.9 Å². The van der Waals surface area contributed by atoms with E-state index in [9.17, 15) is 18.4 Å². The fourth-order valence-corrected chi connectivity index (χ4v) is 3.30. The number of hydrogen-bond acceptors (Lipinski definition) is 5. The molecule has 0 unspecified atom stereocenters. The van der Waals surface area contributed by atoms with Gasteiger partial charge in [0.05, 0.1) is 28.7 Å². The molecule has 0 bridgehead atoms. The number of carbonyl (C=O) groups is 2. The monoisotopic (exact) mass is 412 g/mol. The Balaban J connectivity index is 1.65. The Hall–Kier alpha value is -3.82. The molecule has 30 heavy (non-hydrogen) atoms. The highest BCUT2D eigenvalue weighted by atomic mass is 19.1. The first-order chi connectivity index (χ1) is 14.6. The lowest BCUT2D eigenvalue weighted by atomic mass is 10.0. The number of fused-ring (bicyclic) bond motifs is 1. The average molecular weight is 412 g/mol. The Morgan fingerprint density at radius 1 is 1.23 bits per heavy atom. The second-order valence-electron chi connectivity index (χ2n) is 6.71. The summed E-state index contributed by atoms with van der Waals surface area (Å²) in [6.45, 7) is 1.35. The maximum atomic E-state index is 14.3. The van der Waals surface area contributed by atoms with Crippen LogP contribution >= 0.6 is 0 Å². The van der Waals surface area contributed by atoms with Gasteiger partial charge in [0.15, 0.2) is 0 Å². The topological polar surface area (TPSA) is 101 Å². The van der Waals surface area contributed by atoms with Crippen molar-refractivity contribution in [3.05, 3.63) is 59.4 Å². The van der Waals surface area contributed by atoms with Gasteiger partial charge in [0.25, 0.3) is 5.91 Å². The van der Waals surface area contributed by atoms with Crippen molar-refractivity contribution in [1.82, 2.24) is 25.4 Å². The van der Waals surface area contributed by atoms with Crippen LogP contribution in [-0.4, -0.2) is 33.6 Å². The molecule has 3 N–H and O–H groups in total. The summed E-state index contributed by atoms with van der Waals surface area (Å²) in [7, 11) is 0. The molecule has 8 nitrogen and oxygen atoms in total. The van der Waals surface area contributed by atoms with Crippen LogP contribution in [0.3, 0.4) is 0 Å². The standard InChI is InChI=1S/C20H18F2N6O2/c21-14-3-1-4-15(22)18(14)16-7-12-8-24-20(30)17(12)19(27-16)26-13-9-25-28(10-13)6-2-5-23-11-29/h1,3-4,7,9-11H,2,5-6,8H2,(H,23,29)(H,24,30)(H,26,27). The van der Waals surface area contributed by atoms with Crippen molar-refractivity contribution in [2.24, 2.45) is 0 Å². The van der Waals surface area contributed by atoms with Crippen molar-refractivity contribution in [3.63, 3.8) is 0 Å². The van der Waals surface area contributed by atoms with E-state index in [2.05, 4.69) is 26.0 Å². The lowest BCUT2D eigenvalue weighted by Gasteiger charge is -2.11. The lowest BCUT2D eigenvalue weighted by molar-refractivity contribution is -0.109. The van der Waals surface area contributed by atoms with E-state index in [1.54, 1.807) is 17.1 Å². The summed E-state index contributed by atoms with van der Waals surface area (Å²) < 4.78 is 30.2. The first kappa shape index (κ1) is 19.5. The Morgan fingerprint density at radius 3 is 2.80 bits per heavy atom. The Morgan fingerprint density at radius 2 is 2.03 bits per heavy atom. The third-order valence-electron chi connectivity index (χ3n) is 4.67. The number of amides is 2. The molecule has 1 aliphatic heterocycles. The molecule has 1 aliphatic rings. The highest BCUT2D eigenvalue weighted by Gasteiger charge is 2.27. The molecule has 0 spiro atoms. The summed E-state index contributed by atoms with van der Waals surface area (Å²) in [6.07, 6.45) is 4.61. The molecule has 0 saturated heterocycles. The minimum atomic E-state index is -0.734. The summed E-state index contributed by atoms with van der Waals surface area (Å²) in [5.41, 5.74) is 1.34. The van der Waals surface area contributed by atoms with Crippen LogP contribution in [-0.2, 0) is 17.9 Å². The van der Waals surface area contributed by atoms with Crippen LogP contribution in [0.25, 0.3) is 11.3 Å². The molecule has 1 aromatic carbocycles. The van der Waals surface area contributed by atoms with E-state index in [0.29, 0.717) is 42.7 Å². The molecular formula is C20H18F2N6O2. The summed E-state index contributed by atoms with van der Waals surface area (Å²) in [5, 5.41) is 12.5. The molecular weight excluding hydrogens is 394 g/mol. The van der Waals surface area contributed by atoms with Gasteiger partial charge in [-0.25, -0.2) is 13.8 Å². The number of aromatic nitrogens is 3. The van der Waals surface area contributed by atoms with Crippen LogP contribution in [0, 0.1) is 11.6 Å². The smallest absolute Gasteiger partial charge is 0.255 e. The third-order valence-corrected chi connectivity index (χ3v) is 4.67. The van der Waals surface area contributed by atoms with Crippen LogP contribution in [0.2, 0.25) is 0 Å². The van der Waals surface area contributed by atoms with E-state index in [4.69, 9.17) is 0 Å². The number of benzene rings is 1. The molecule has 0 fully saturated rings. The van der Waals surface area contributed by atoms with Gasteiger partial charge in [0.2, 0.25) is 6.41 Å². The largest absolute Gasteiger partial charge is 0.359 e. The third kappa shape index (κ3) is 3.84. The Bertz CT molecular complexity index is 1090. The second kappa shape index (κ2) is 8.27. The zero-order chi connectivity index (χ0) is 21.1. The molecule has 0 aliphatic carbocycles. The van der Waals surface area contributed by atoms with E-state index in [-0.39, 0.29) is 29.5 Å². The average Bonchev–Trinajstić information content (AvgIpc) is 3.32. The van der Waals surface area contributed by atoms with Crippen molar-refractivity contribution in [1.29, 1.82) is 0 Å². The van der Waals surface area contributed by atoms with E-state index < -0.39 is 11.6 Å². The molecule has 2 aromatic heterocycles. The van der Waals surface area contributed by atoms with Crippen molar-refractivity contribution in [2.45, 2.75) is 19.5 Å². The highest BCUT2D eigenvalue weighted by molar-refractivity contribution is 6.03. The van der Waals surface area contributed by atoms with Crippen molar-refractivity contribution in [3.8, 4) is 11.3 Å². The normalized spacial score (nSPS) is 12.4. The molecule has 3 heterocycles. The number of rotatable bonds is 8. The Labute approximate surface area is 170 Å². The van der Waals surface area contributed by atoms with Gasteiger partial charge >= 0.3 is 0 Å². The maximum absolute atomic E-state index is 14.3. The first-order valence-corrected chi connectivity index (χ1v) is 9.30. The van der Waals surface area contributed by atoms with Gasteiger partial charge in [-0.2, -0.15) is 5.10 Å². The van der Waals surface area contributed by atoms with E-state index in [0.717, 1.165) is 12.1 Å². The minimum absolute atomic E-state index is 0.0932. The van der Waals surface area contributed by atoms with E-state index >= 15 is 0 Å². The number of hydrogen-bond donors (Lipinski definition) is 3. The van der Waals surface area contributed by atoms with E-state index in [1.807, 2.05) is 0 Å². The number of anilines is 2. The zero-order valence-electron chi connectivity index (χ0n) is 15.8.